The maximum Gasteiger partial charge on any atom is 0.472 e. The van der Waals surface area contributed by atoms with Gasteiger partial charge in [-0.1, -0.05) is 172 Å². The number of hydrogen-bond donors (Lipinski definition) is 2. The summed E-state index contributed by atoms with van der Waals surface area (Å²) in [5, 5.41) is 0. The van der Waals surface area contributed by atoms with Crippen LogP contribution in [0.2, 0.25) is 0 Å². The summed E-state index contributed by atoms with van der Waals surface area (Å²) in [4.78, 5) is 34.8. The van der Waals surface area contributed by atoms with E-state index in [1.165, 1.54) is 0 Å². The zero-order chi connectivity index (χ0) is 46.0. The SMILES string of the molecule is CC/C=C\C/C=C\C/C=C\C/C=C\C/C=C\C/C=C\C/C=C\C/C=C\C/C=C\CCCC(=O)OC(COC(=O)CC/C=C\C/C=C\C/C=C\C/C=C\CC)COP(=O)(O)OCCN. The second kappa shape index (κ2) is 47.1. The third-order valence-corrected chi connectivity index (χ3v) is 9.41. The smallest absolute Gasteiger partial charge is 0.462 e. The largest absolute Gasteiger partial charge is 0.472 e. The van der Waals surface area contributed by atoms with Gasteiger partial charge in [0.2, 0.25) is 0 Å². The average molecular weight is 890 g/mol. The van der Waals surface area contributed by atoms with Gasteiger partial charge in [0, 0.05) is 19.4 Å². The minimum Gasteiger partial charge on any atom is -0.462 e. The lowest BCUT2D eigenvalue weighted by Gasteiger charge is -2.19. The van der Waals surface area contributed by atoms with E-state index >= 15 is 0 Å². The molecular weight excluding hydrogens is 810 g/mol. The number of carbonyl (C=O) groups is 2. The van der Waals surface area contributed by atoms with Crippen LogP contribution in [0.4, 0.5) is 0 Å². The standard InChI is InChI=1S/C53H80NO8P/c1-3-5-7-9-11-13-15-17-18-19-20-21-22-23-24-25-26-27-28-29-30-31-32-34-36-38-40-42-44-46-53(56)62-51(50-61-63(57,58)60-48-47-54)49-59-52(55)45-43-41-39-37-35-33-16-14-12-10-8-6-4-2/h5-8,11-14,17-18,20-21,23-24,26-27,29-30,32-35,38-41,51H,3-4,9-10,15-16,19,22,25,28,31,36-37,42-50,54H2,1-2H3,(H,57,58)/b7-5-,8-6-,13-11-,14-12-,18-17-,21-20-,24-23-,27-26-,30-29-,34-32-,35-33-,40-38-,41-39-. The molecule has 0 spiro atoms. The van der Waals surface area contributed by atoms with Gasteiger partial charge in [0.1, 0.15) is 6.61 Å². The maximum atomic E-state index is 12.6. The van der Waals surface area contributed by atoms with Crippen molar-refractivity contribution in [3.8, 4) is 0 Å². The number of rotatable bonds is 40. The lowest BCUT2D eigenvalue weighted by Crippen LogP contribution is -2.29. The van der Waals surface area contributed by atoms with Crippen molar-refractivity contribution in [1.29, 1.82) is 0 Å². The molecule has 63 heavy (non-hydrogen) atoms. The molecule has 0 heterocycles. The van der Waals surface area contributed by atoms with E-state index in [9.17, 15) is 19.0 Å². The Morgan fingerprint density at radius 1 is 0.476 bits per heavy atom. The highest BCUT2D eigenvalue weighted by Crippen LogP contribution is 2.43. The van der Waals surface area contributed by atoms with Crippen molar-refractivity contribution in [1.82, 2.24) is 0 Å². The fraction of sp³-hybridized carbons (Fsp3) is 0.472. The van der Waals surface area contributed by atoms with Crippen LogP contribution in [-0.2, 0) is 32.7 Å². The lowest BCUT2D eigenvalue weighted by molar-refractivity contribution is -0.161. The molecule has 3 N–H and O–H groups in total. The summed E-state index contributed by atoms with van der Waals surface area (Å²) < 4.78 is 32.6. The van der Waals surface area contributed by atoms with Crippen molar-refractivity contribution in [2.45, 2.75) is 136 Å². The van der Waals surface area contributed by atoms with Crippen LogP contribution < -0.4 is 5.73 Å². The van der Waals surface area contributed by atoms with Crippen LogP contribution in [0.25, 0.3) is 0 Å². The van der Waals surface area contributed by atoms with Gasteiger partial charge in [-0.15, -0.1) is 0 Å². The molecule has 0 aromatic heterocycles. The van der Waals surface area contributed by atoms with Gasteiger partial charge in [-0.25, -0.2) is 4.57 Å². The molecule has 0 saturated heterocycles. The van der Waals surface area contributed by atoms with Crippen molar-refractivity contribution in [2.24, 2.45) is 5.73 Å². The van der Waals surface area contributed by atoms with Gasteiger partial charge in [0.05, 0.1) is 13.2 Å². The molecule has 0 aliphatic rings. The van der Waals surface area contributed by atoms with Gasteiger partial charge in [0.15, 0.2) is 6.10 Å². The van der Waals surface area contributed by atoms with Gasteiger partial charge in [0.25, 0.3) is 0 Å². The van der Waals surface area contributed by atoms with Crippen LogP contribution in [0, 0.1) is 0 Å². The van der Waals surface area contributed by atoms with E-state index in [2.05, 4.69) is 154 Å². The third-order valence-electron chi connectivity index (χ3n) is 8.42. The van der Waals surface area contributed by atoms with E-state index in [4.69, 9.17) is 24.3 Å². The highest BCUT2D eigenvalue weighted by Gasteiger charge is 2.25. The Morgan fingerprint density at radius 3 is 1.19 bits per heavy atom. The number of unbranched alkanes of at least 4 members (excludes halogenated alkanes) is 1. The molecule has 10 heteroatoms. The highest BCUT2D eigenvalue weighted by molar-refractivity contribution is 7.47. The van der Waals surface area contributed by atoms with E-state index in [1.54, 1.807) is 0 Å². The summed E-state index contributed by atoms with van der Waals surface area (Å²) in [5.41, 5.74) is 5.34. The first-order chi connectivity index (χ1) is 30.8. The molecule has 0 aromatic rings. The number of phosphoric acid groups is 1. The number of nitrogens with two attached hydrogens (primary N) is 1. The van der Waals surface area contributed by atoms with E-state index in [0.717, 1.165) is 83.5 Å². The third kappa shape index (κ3) is 47.0. The van der Waals surface area contributed by atoms with Crippen LogP contribution in [-0.4, -0.2) is 49.3 Å². The monoisotopic (exact) mass is 890 g/mol. The predicted octanol–water partition coefficient (Wildman–Crippen LogP) is 13.8. The summed E-state index contributed by atoms with van der Waals surface area (Å²) in [6, 6.07) is 0. The number of hydrogen-bond acceptors (Lipinski definition) is 8. The van der Waals surface area contributed by atoms with Crippen LogP contribution in [0.3, 0.4) is 0 Å². The Kier molecular flexibility index (Phi) is 43.8. The number of ether oxygens (including phenoxy) is 2. The summed E-state index contributed by atoms with van der Waals surface area (Å²) >= 11 is 0. The molecule has 2 atom stereocenters. The molecule has 2 unspecified atom stereocenters. The zero-order valence-electron chi connectivity index (χ0n) is 38.5. The molecule has 0 rings (SSSR count). The van der Waals surface area contributed by atoms with Crippen molar-refractivity contribution in [3.63, 3.8) is 0 Å². The van der Waals surface area contributed by atoms with Crippen LogP contribution in [0.1, 0.15) is 129 Å². The highest BCUT2D eigenvalue weighted by atomic mass is 31.2. The van der Waals surface area contributed by atoms with Crippen LogP contribution >= 0.6 is 7.82 Å². The van der Waals surface area contributed by atoms with Crippen LogP contribution in [0.15, 0.2) is 158 Å². The minimum atomic E-state index is -4.42. The Morgan fingerprint density at radius 2 is 0.825 bits per heavy atom. The normalized spacial score (nSPS) is 14.7. The molecule has 9 nitrogen and oxygen atoms in total. The molecular formula is C53H80NO8P. The molecule has 0 radical (unpaired) electrons. The topological polar surface area (TPSA) is 134 Å². The summed E-state index contributed by atoms with van der Waals surface area (Å²) in [7, 11) is -4.42. The van der Waals surface area contributed by atoms with E-state index in [-0.39, 0.29) is 32.6 Å². The number of esters is 2. The van der Waals surface area contributed by atoms with Crippen molar-refractivity contribution < 1.29 is 37.6 Å². The van der Waals surface area contributed by atoms with E-state index < -0.39 is 32.5 Å². The number of carbonyl (C=O) groups excluding carboxylic acids is 2. The zero-order valence-corrected chi connectivity index (χ0v) is 39.4. The molecule has 0 aliphatic heterocycles. The second-order valence-electron chi connectivity index (χ2n) is 14.1. The second-order valence-corrected chi connectivity index (χ2v) is 15.6. The molecule has 0 fully saturated rings. The molecule has 0 saturated carbocycles. The van der Waals surface area contributed by atoms with Crippen molar-refractivity contribution in [3.05, 3.63) is 158 Å². The van der Waals surface area contributed by atoms with Gasteiger partial charge < -0.3 is 20.1 Å². The fourth-order valence-electron chi connectivity index (χ4n) is 5.12. The van der Waals surface area contributed by atoms with Crippen molar-refractivity contribution >= 4 is 19.8 Å². The Hall–Kier alpha value is -4.37. The first kappa shape index (κ1) is 58.6. The fourth-order valence-corrected chi connectivity index (χ4v) is 5.88. The van der Waals surface area contributed by atoms with Crippen molar-refractivity contribution in [2.75, 3.05) is 26.4 Å². The Balaban J connectivity index is 4.31. The quantitative estimate of drug-likeness (QED) is 0.0267. The minimum absolute atomic E-state index is 0.0254. The maximum absolute atomic E-state index is 12.6. The predicted molar refractivity (Wildman–Crippen MR) is 265 cm³/mol. The van der Waals surface area contributed by atoms with Gasteiger partial charge in [-0.3, -0.25) is 18.6 Å². The summed E-state index contributed by atoms with van der Waals surface area (Å²) in [6.07, 6.45) is 68.8. The molecule has 0 aromatic carbocycles. The van der Waals surface area contributed by atoms with Crippen LogP contribution in [0.5, 0.6) is 0 Å². The number of allylic oxidation sites excluding steroid dienone is 26. The summed E-state index contributed by atoms with van der Waals surface area (Å²) in [6.45, 7) is 3.30. The first-order valence-corrected chi connectivity index (χ1v) is 24.5. The lowest BCUT2D eigenvalue weighted by atomic mass is 10.2. The first-order valence-electron chi connectivity index (χ1n) is 23.0. The molecule has 350 valence electrons. The number of phosphoric ester groups is 1. The van der Waals surface area contributed by atoms with E-state index in [0.29, 0.717) is 19.3 Å². The molecule has 0 aliphatic carbocycles. The van der Waals surface area contributed by atoms with Gasteiger partial charge in [-0.2, -0.15) is 0 Å². The van der Waals surface area contributed by atoms with Gasteiger partial charge >= 0.3 is 19.8 Å². The Bertz CT molecular complexity index is 1570. The van der Waals surface area contributed by atoms with E-state index in [1.807, 2.05) is 18.2 Å². The Labute approximate surface area is 381 Å². The molecule has 0 amide bonds. The van der Waals surface area contributed by atoms with Gasteiger partial charge in [-0.05, 0) is 103 Å². The average Bonchev–Trinajstić information content (AvgIpc) is 3.27. The molecule has 0 bridgehead atoms. The summed E-state index contributed by atoms with van der Waals surface area (Å²) in [5.74, 6) is -1.01.